The Bertz CT molecular complexity index is 969. The number of benzene rings is 2. The van der Waals surface area contributed by atoms with Gasteiger partial charge >= 0.3 is 0 Å². The molecule has 27 heavy (non-hydrogen) atoms. The molecule has 0 saturated carbocycles. The van der Waals surface area contributed by atoms with Gasteiger partial charge in [-0.3, -0.25) is 4.79 Å². The van der Waals surface area contributed by atoms with Gasteiger partial charge in [-0.15, -0.1) is 0 Å². The normalized spacial score (nSPS) is 11.0. The van der Waals surface area contributed by atoms with Crippen molar-refractivity contribution in [3.8, 4) is 0 Å². The van der Waals surface area contributed by atoms with Crippen LogP contribution in [0, 0.1) is 27.7 Å². The van der Waals surface area contributed by atoms with Crippen molar-refractivity contribution < 1.29 is 9.90 Å². The fourth-order valence-corrected chi connectivity index (χ4v) is 3.41. The molecule has 0 saturated heterocycles. The van der Waals surface area contributed by atoms with Crippen molar-refractivity contribution in [2.75, 3.05) is 18.5 Å². The molecular weight excluding hydrogens is 338 g/mol. The minimum absolute atomic E-state index is 0.0755. The number of amides is 1. The molecule has 0 atom stereocenters. The van der Waals surface area contributed by atoms with Crippen molar-refractivity contribution in [3.05, 3.63) is 63.8 Å². The summed E-state index contributed by atoms with van der Waals surface area (Å²) in [6.45, 7) is 9.17. The first-order valence-electron chi connectivity index (χ1n) is 9.23. The van der Waals surface area contributed by atoms with E-state index in [1.165, 1.54) is 16.7 Å². The summed E-state index contributed by atoms with van der Waals surface area (Å²) in [7, 11) is 0. The van der Waals surface area contributed by atoms with E-state index in [9.17, 15) is 4.79 Å². The molecule has 0 aliphatic heterocycles. The Hall–Kier alpha value is -2.79. The van der Waals surface area contributed by atoms with E-state index in [1.54, 1.807) is 0 Å². The van der Waals surface area contributed by atoms with E-state index in [1.807, 2.05) is 19.1 Å². The first kappa shape index (κ1) is 19.0. The maximum absolute atomic E-state index is 12.4. The molecule has 1 aromatic heterocycles. The Morgan fingerprint density at radius 2 is 1.81 bits per heavy atom. The van der Waals surface area contributed by atoms with Crippen molar-refractivity contribution in [2.45, 2.75) is 34.2 Å². The molecule has 1 amide bonds. The lowest BCUT2D eigenvalue weighted by atomic mass is 10.0. The average Bonchev–Trinajstić information content (AvgIpc) is 2.93. The third kappa shape index (κ3) is 3.83. The summed E-state index contributed by atoms with van der Waals surface area (Å²) in [5.41, 5.74) is 8.48. The third-order valence-corrected chi connectivity index (χ3v) is 5.18. The number of aliphatic hydroxyl groups excluding tert-OH is 1. The summed E-state index contributed by atoms with van der Waals surface area (Å²) in [4.78, 5) is 15.9. The molecule has 3 rings (SSSR count). The first-order chi connectivity index (χ1) is 12.9. The number of carbonyl (C=O) groups is 1. The Balaban J connectivity index is 2.00. The van der Waals surface area contributed by atoms with Gasteiger partial charge in [-0.25, -0.2) is 0 Å². The van der Waals surface area contributed by atoms with Crippen LogP contribution in [0.1, 0.15) is 38.3 Å². The highest BCUT2D eigenvalue weighted by atomic mass is 16.3. The third-order valence-electron chi connectivity index (χ3n) is 5.18. The molecule has 0 aliphatic carbocycles. The average molecular weight is 365 g/mol. The zero-order valence-electron chi connectivity index (χ0n) is 16.4. The van der Waals surface area contributed by atoms with Crippen LogP contribution in [0.3, 0.4) is 0 Å². The molecule has 142 valence electrons. The van der Waals surface area contributed by atoms with E-state index in [4.69, 9.17) is 5.11 Å². The molecule has 0 bridgehead atoms. The van der Waals surface area contributed by atoms with Crippen molar-refractivity contribution in [1.82, 2.24) is 10.3 Å². The van der Waals surface area contributed by atoms with Crippen molar-refractivity contribution in [1.29, 1.82) is 0 Å². The van der Waals surface area contributed by atoms with E-state index in [0.29, 0.717) is 12.1 Å². The second kappa shape index (κ2) is 7.84. The summed E-state index contributed by atoms with van der Waals surface area (Å²) < 4.78 is 0. The number of hydrogen-bond donors (Lipinski definition) is 4. The standard InChI is InChI=1S/C22H27N3O2/c1-13-6-5-7-14(2)19(13)12-24-20-11-17(22(27)23-8-9-26)10-18-15(3)16(4)25-21(18)20/h5-7,10-11,24-26H,8-9,12H2,1-4H3,(H,23,27). The van der Waals surface area contributed by atoms with E-state index < -0.39 is 0 Å². The lowest BCUT2D eigenvalue weighted by Gasteiger charge is -2.14. The molecule has 4 N–H and O–H groups in total. The number of nitrogens with one attached hydrogen (secondary N) is 3. The number of hydrogen-bond acceptors (Lipinski definition) is 3. The number of carbonyl (C=O) groups excluding carboxylic acids is 1. The van der Waals surface area contributed by atoms with Gasteiger partial charge in [-0.05, 0) is 62.1 Å². The SMILES string of the molecule is Cc1cccc(C)c1CNc1cc(C(=O)NCCO)cc2c(C)c(C)[nH]c12. The molecule has 5 nitrogen and oxygen atoms in total. The van der Waals surface area contributed by atoms with Gasteiger partial charge in [0.1, 0.15) is 0 Å². The monoisotopic (exact) mass is 365 g/mol. The largest absolute Gasteiger partial charge is 0.395 e. The Kier molecular flexibility index (Phi) is 5.51. The first-order valence-corrected chi connectivity index (χ1v) is 9.23. The second-order valence-electron chi connectivity index (χ2n) is 7.02. The van der Waals surface area contributed by atoms with E-state index in [-0.39, 0.29) is 19.1 Å². The van der Waals surface area contributed by atoms with Gasteiger partial charge in [0.25, 0.3) is 5.91 Å². The zero-order valence-corrected chi connectivity index (χ0v) is 16.4. The topological polar surface area (TPSA) is 77.2 Å². The molecule has 0 radical (unpaired) electrons. The lowest BCUT2D eigenvalue weighted by Crippen LogP contribution is -2.26. The minimum Gasteiger partial charge on any atom is -0.395 e. The van der Waals surface area contributed by atoms with Crippen LogP contribution in [0.25, 0.3) is 10.9 Å². The van der Waals surface area contributed by atoms with Crippen LogP contribution >= 0.6 is 0 Å². The van der Waals surface area contributed by atoms with Crippen LogP contribution < -0.4 is 10.6 Å². The van der Waals surface area contributed by atoms with Crippen LogP contribution in [0.5, 0.6) is 0 Å². The van der Waals surface area contributed by atoms with Gasteiger partial charge in [-0.2, -0.15) is 0 Å². The van der Waals surface area contributed by atoms with Crippen molar-refractivity contribution in [3.63, 3.8) is 0 Å². The van der Waals surface area contributed by atoms with E-state index in [0.717, 1.165) is 27.8 Å². The molecule has 2 aromatic carbocycles. The minimum atomic E-state index is -0.181. The fraction of sp³-hybridized carbons (Fsp3) is 0.318. The van der Waals surface area contributed by atoms with Gasteiger partial charge in [0.2, 0.25) is 0 Å². The number of aromatic nitrogens is 1. The molecule has 0 spiro atoms. The Morgan fingerprint density at radius 1 is 1.11 bits per heavy atom. The number of H-pyrrole nitrogens is 1. The molecule has 0 unspecified atom stereocenters. The number of aryl methyl sites for hydroxylation is 4. The van der Waals surface area contributed by atoms with Gasteiger partial charge in [0, 0.05) is 29.7 Å². The number of fused-ring (bicyclic) bond motifs is 1. The maximum atomic E-state index is 12.4. The quantitative estimate of drug-likeness (QED) is 0.537. The highest BCUT2D eigenvalue weighted by Crippen LogP contribution is 2.30. The molecule has 0 fully saturated rings. The van der Waals surface area contributed by atoms with Crippen molar-refractivity contribution >= 4 is 22.5 Å². The fourth-order valence-electron chi connectivity index (χ4n) is 3.41. The maximum Gasteiger partial charge on any atom is 0.251 e. The van der Waals surface area contributed by atoms with Gasteiger partial charge in [0.15, 0.2) is 0 Å². The molecular formula is C22H27N3O2. The van der Waals surface area contributed by atoms with Crippen LogP contribution in [0.2, 0.25) is 0 Å². The second-order valence-corrected chi connectivity index (χ2v) is 7.02. The summed E-state index contributed by atoms with van der Waals surface area (Å²) in [5.74, 6) is -0.181. The zero-order chi connectivity index (χ0) is 19.6. The van der Waals surface area contributed by atoms with Gasteiger partial charge < -0.3 is 20.7 Å². The van der Waals surface area contributed by atoms with Crippen LogP contribution in [0.15, 0.2) is 30.3 Å². The summed E-state index contributed by atoms with van der Waals surface area (Å²) in [6.07, 6.45) is 0. The summed E-state index contributed by atoms with van der Waals surface area (Å²) in [5, 5.41) is 16.3. The predicted molar refractivity (Wildman–Crippen MR) is 110 cm³/mol. The van der Waals surface area contributed by atoms with Crippen LogP contribution in [0.4, 0.5) is 5.69 Å². The van der Waals surface area contributed by atoms with Crippen LogP contribution in [-0.2, 0) is 6.54 Å². The van der Waals surface area contributed by atoms with Crippen molar-refractivity contribution in [2.24, 2.45) is 0 Å². The summed E-state index contributed by atoms with van der Waals surface area (Å²) >= 11 is 0. The highest BCUT2D eigenvalue weighted by molar-refractivity contribution is 6.03. The predicted octanol–water partition coefficient (Wildman–Crippen LogP) is 3.74. The number of rotatable bonds is 6. The number of aromatic amines is 1. The van der Waals surface area contributed by atoms with E-state index >= 15 is 0 Å². The smallest absolute Gasteiger partial charge is 0.251 e. The van der Waals surface area contributed by atoms with E-state index in [2.05, 4.69) is 54.6 Å². The number of anilines is 1. The molecule has 3 aromatic rings. The molecule has 0 aliphatic rings. The highest BCUT2D eigenvalue weighted by Gasteiger charge is 2.15. The lowest BCUT2D eigenvalue weighted by molar-refractivity contribution is 0.0945. The molecule has 1 heterocycles. The Morgan fingerprint density at radius 3 is 2.48 bits per heavy atom. The van der Waals surface area contributed by atoms with Gasteiger partial charge in [0.05, 0.1) is 17.8 Å². The number of aliphatic hydroxyl groups is 1. The Labute approximate surface area is 159 Å². The van der Waals surface area contributed by atoms with Gasteiger partial charge in [-0.1, -0.05) is 18.2 Å². The summed E-state index contributed by atoms with van der Waals surface area (Å²) in [6, 6.07) is 10.1. The molecule has 5 heteroatoms. The van der Waals surface area contributed by atoms with Crippen LogP contribution in [-0.4, -0.2) is 29.1 Å².